The van der Waals surface area contributed by atoms with E-state index in [1.165, 1.54) is 7.11 Å². The van der Waals surface area contributed by atoms with E-state index in [-0.39, 0.29) is 24.8 Å². The van der Waals surface area contributed by atoms with Gasteiger partial charge in [-0.15, -0.1) is 0 Å². The van der Waals surface area contributed by atoms with Crippen LogP contribution < -0.4 is 15.4 Å². The summed E-state index contributed by atoms with van der Waals surface area (Å²) >= 11 is 5.90. The molecule has 2 amide bonds. The average molecular weight is 413 g/mol. The van der Waals surface area contributed by atoms with Crippen molar-refractivity contribution in [1.82, 2.24) is 15.1 Å². The summed E-state index contributed by atoms with van der Waals surface area (Å²) in [4.78, 5) is 24.5. The molecule has 3 rings (SSSR count). The van der Waals surface area contributed by atoms with Gasteiger partial charge in [0.05, 0.1) is 25.4 Å². The summed E-state index contributed by atoms with van der Waals surface area (Å²) in [6, 6.07) is 16.1. The maximum Gasteiger partial charge on any atom is 0.255 e. The fourth-order valence-corrected chi connectivity index (χ4v) is 2.88. The molecule has 0 fully saturated rings. The molecule has 8 heteroatoms. The average Bonchev–Trinajstić information content (AvgIpc) is 3.16. The zero-order valence-corrected chi connectivity index (χ0v) is 16.6. The van der Waals surface area contributed by atoms with E-state index in [4.69, 9.17) is 16.3 Å². The first-order chi connectivity index (χ1) is 14.1. The van der Waals surface area contributed by atoms with Crippen molar-refractivity contribution >= 4 is 29.2 Å². The lowest BCUT2D eigenvalue weighted by atomic mass is 10.2. The molecule has 1 aromatic heterocycles. The Morgan fingerprint density at radius 3 is 2.62 bits per heavy atom. The topological polar surface area (TPSA) is 85.2 Å². The summed E-state index contributed by atoms with van der Waals surface area (Å²) in [6.07, 6.45) is 1.75. The molecule has 0 unspecified atom stereocenters. The van der Waals surface area contributed by atoms with E-state index >= 15 is 0 Å². The first-order valence-corrected chi connectivity index (χ1v) is 9.42. The number of benzene rings is 2. The minimum atomic E-state index is -0.289. The first-order valence-electron chi connectivity index (χ1n) is 9.04. The van der Waals surface area contributed by atoms with Crippen LogP contribution in [0.15, 0.2) is 60.8 Å². The zero-order valence-electron chi connectivity index (χ0n) is 15.9. The molecule has 0 saturated carbocycles. The number of amides is 2. The Kier molecular flexibility index (Phi) is 6.86. The Labute approximate surface area is 173 Å². The van der Waals surface area contributed by atoms with Crippen LogP contribution in [0.2, 0.25) is 5.02 Å². The number of carbonyl (C=O) groups is 2. The smallest absolute Gasteiger partial charge is 0.255 e. The standard InChI is InChI=1S/C21H21ClN4O3/c1-29-18-5-3-2-4-17(18)21(28)23-12-11-20(27)25-19-10-13-24-26(19)14-15-6-8-16(22)9-7-15/h2-10,13H,11-12,14H2,1H3,(H,23,28)(H,25,27). The molecular weight excluding hydrogens is 392 g/mol. The van der Waals surface area contributed by atoms with Gasteiger partial charge in [-0.1, -0.05) is 35.9 Å². The molecular formula is C21H21ClN4O3. The third-order valence-corrected chi connectivity index (χ3v) is 4.47. The van der Waals surface area contributed by atoms with Gasteiger partial charge >= 0.3 is 0 Å². The second kappa shape index (κ2) is 9.75. The molecule has 0 atom stereocenters. The van der Waals surface area contributed by atoms with Crippen molar-refractivity contribution in [2.45, 2.75) is 13.0 Å². The molecule has 0 spiro atoms. The molecule has 7 nitrogen and oxygen atoms in total. The van der Waals surface area contributed by atoms with Crippen molar-refractivity contribution in [3.8, 4) is 5.75 Å². The molecule has 0 aliphatic carbocycles. The molecule has 0 aliphatic heterocycles. The number of anilines is 1. The second-order valence-corrected chi connectivity index (χ2v) is 6.69. The Morgan fingerprint density at radius 2 is 1.86 bits per heavy atom. The zero-order chi connectivity index (χ0) is 20.6. The Morgan fingerprint density at radius 1 is 1.10 bits per heavy atom. The van der Waals surface area contributed by atoms with Gasteiger partial charge < -0.3 is 15.4 Å². The lowest BCUT2D eigenvalue weighted by Crippen LogP contribution is -2.28. The van der Waals surface area contributed by atoms with Crippen LogP contribution in [0.25, 0.3) is 0 Å². The van der Waals surface area contributed by atoms with E-state index in [0.717, 1.165) is 5.56 Å². The van der Waals surface area contributed by atoms with E-state index < -0.39 is 0 Å². The number of rotatable bonds is 8. The van der Waals surface area contributed by atoms with Crippen molar-refractivity contribution in [2.75, 3.05) is 19.0 Å². The van der Waals surface area contributed by atoms with E-state index in [0.29, 0.717) is 28.7 Å². The van der Waals surface area contributed by atoms with Gasteiger partial charge in [0.25, 0.3) is 5.91 Å². The van der Waals surface area contributed by atoms with Crippen molar-refractivity contribution in [3.05, 3.63) is 76.9 Å². The molecule has 2 N–H and O–H groups in total. The Hall–Kier alpha value is -3.32. The van der Waals surface area contributed by atoms with E-state index in [9.17, 15) is 9.59 Å². The van der Waals surface area contributed by atoms with E-state index in [2.05, 4.69) is 15.7 Å². The quantitative estimate of drug-likeness (QED) is 0.594. The molecule has 150 valence electrons. The van der Waals surface area contributed by atoms with Crippen LogP contribution in [0.4, 0.5) is 5.82 Å². The number of ether oxygens (including phenoxy) is 1. The second-order valence-electron chi connectivity index (χ2n) is 6.25. The van der Waals surface area contributed by atoms with Crippen LogP contribution in [0.1, 0.15) is 22.3 Å². The minimum absolute atomic E-state index is 0.132. The summed E-state index contributed by atoms with van der Waals surface area (Å²) in [5.74, 6) is 0.563. The van der Waals surface area contributed by atoms with Gasteiger partial charge in [0, 0.05) is 24.1 Å². The summed E-state index contributed by atoms with van der Waals surface area (Å²) < 4.78 is 6.86. The van der Waals surface area contributed by atoms with Crippen molar-refractivity contribution < 1.29 is 14.3 Å². The lowest BCUT2D eigenvalue weighted by Gasteiger charge is -2.11. The van der Waals surface area contributed by atoms with E-state index in [1.807, 2.05) is 24.3 Å². The number of halogens is 1. The third-order valence-electron chi connectivity index (χ3n) is 4.22. The fraction of sp³-hybridized carbons (Fsp3) is 0.190. The number of methoxy groups -OCH3 is 1. The van der Waals surface area contributed by atoms with Gasteiger partial charge in [0.2, 0.25) is 5.91 Å². The summed E-state index contributed by atoms with van der Waals surface area (Å²) in [5.41, 5.74) is 1.44. The molecule has 0 radical (unpaired) electrons. The molecule has 0 saturated heterocycles. The van der Waals surface area contributed by atoms with Crippen LogP contribution in [-0.2, 0) is 11.3 Å². The number of nitrogens with one attached hydrogen (secondary N) is 2. The maximum atomic E-state index is 12.3. The van der Waals surface area contributed by atoms with Gasteiger partial charge in [-0.25, -0.2) is 4.68 Å². The number of nitrogens with zero attached hydrogens (tertiary/aromatic N) is 2. The number of carbonyl (C=O) groups excluding carboxylic acids is 2. The lowest BCUT2D eigenvalue weighted by molar-refractivity contribution is -0.116. The predicted octanol–water partition coefficient (Wildman–Crippen LogP) is 3.35. The van der Waals surface area contributed by atoms with Gasteiger partial charge in [-0.2, -0.15) is 5.10 Å². The highest BCUT2D eigenvalue weighted by Gasteiger charge is 2.12. The fourth-order valence-electron chi connectivity index (χ4n) is 2.75. The number of aromatic nitrogens is 2. The number of hydrogen-bond donors (Lipinski definition) is 2. The summed E-state index contributed by atoms with van der Waals surface area (Å²) in [5, 5.41) is 10.5. The van der Waals surface area contributed by atoms with E-state index in [1.54, 1.807) is 41.2 Å². The van der Waals surface area contributed by atoms with Crippen LogP contribution >= 0.6 is 11.6 Å². The highest BCUT2D eigenvalue weighted by Crippen LogP contribution is 2.17. The molecule has 3 aromatic rings. The summed E-state index contributed by atoms with van der Waals surface area (Å²) in [6.45, 7) is 0.707. The number of para-hydroxylation sites is 1. The van der Waals surface area contributed by atoms with Crippen molar-refractivity contribution in [3.63, 3.8) is 0 Å². The van der Waals surface area contributed by atoms with Gasteiger partial charge in [0.1, 0.15) is 11.6 Å². The van der Waals surface area contributed by atoms with Crippen LogP contribution in [0.5, 0.6) is 5.75 Å². The molecule has 29 heavy (non-hydrogen) atoms. The van der Waals surface area contributed by atoms with Gasteiger partial charge in [0.15, 0.2) is 0 Å². The van der Waals surface area contributed by atoms with Crippen LogP contribution in [0.3, 0.4) is 0 Å². The van der Waals surface area contributed by atoms with Crippen LogP contribution in [0, 0.1) is 0 Å². The van der Waals surface area contributed by atoms with Crippen LogP contribution in [-0.4, -0.2) is 35.2 Å². The maximum absolute atomic E-state index is 12.3. The molecule has 0 aliphatic rings. The largest absolute Gasteiger partial charge is 0.496 e. The molecule has 1 heterocycles. The highest BCUT2D eigenvalue weighted by molar-refractivity contribution is 6.30. The Balaban J connectivity index is 1.51. The monoisotopic (exact) mass is 412 g/mol. The Bertz CT molecular complexity index is 986. The van der Waals surface area contributed by atoms with Gasteiger partial charge in [-0.3, -0.25) is 9.59 Å². The SMILES string of the molecule is COc1ccccc1C(=O)NCCC(=O)Nc1ccnn1Cc1ccc(Cl)cc1. The van der Waals surface area contributed by atoms with Crippen molar-refractivity contribution in [2.24, 2.45) is 0 Å². The predicted molar refractivity (Wildman–Crippen MR) is 111 cm³/mol. The normalized spacial score (nSPS) is 10.4. The van der Waals surface area contributed by atoms with Crippen molar-refractivity contribution in [1.29, 1.82) is 0 Å². The summed E-state index contributed by atoms with van der Waals surface area (Å²) in [7, 11) is 1.51. The number of hydrogen-bond acceptors (Lipinski definition) is 4. The highest BCUT2D eigenvalue weighted by atomic mass is 35.5. The minimum Gasteiger partial charge on any atom is -0.496 e. The molecule has 2 aromatic carbocycles. The first kappa shape index (κ1) is 20.4. The molecule has 0 bridgehead atoms. The third kappa shape index (κ3) is 5.58. The van der Waals surface area contributed by atoms with Gasteiger partial charge in [-0.05, 0) is 29.8 Å².